The molecule has 0 aromatic heterocycles. The van der Waals surface area contributed by atoms with E-state index in [1.807, 2.05) is 0 Å². The second-order valence-electron chi connectivity index (χ2n) is 21.3. The Kier molecular flexibility index (Phi) is 48.2. The summed E-state index contributed by atoms with van der Waals surface area (Å²) in [6.45, 7) is 5.94. The van der Waals surface area contributed by atoms with Crippen molar-refractivity contribution < 1.29 is 58.2 Å². The molecule has 12 heteroatoms. The molecule has 12 nitrogen and oxygen atoms in total. The van der Waals surface area contributed by atoms with Gasteiger partial charge in [0.15, 0.2) is 24.6 Å². The summed E-state index contributed by atoms with van der Waals surface area (Å²) in [5.74, 6) is -3.12. The first-order chi connectivity index (χ1) is 36.6. The van der Waals surface area contributed by atoms with E-state index in [0.717, 1.165) is 96.3 Å². The molecule has 1 fully saturated rings. The molecule has 0 bridgehead atoms. The zero-order valence-corrected chi connectivity index (χ0v) is 48.1. The third kappa shape index (κ3) is 41.7. The van der Waals surface area contributed by atoms with Crippen LogP contribution in [-0.2, 0) is 42.9 Å². The van der Waals surface area contributed by atoms with E-state index in [9.17, 15) is 34.5 Å². The van der Waals surface area contributed by atoms with E-state index >= 15 is 0 Å². The Labute approximate surface area is 457 Å². The molecule has 1 rings (SSSR count). The zero-order chi connectivity index (χ0) is 54.7. The molecule has 1 aliphatic heterocycles. The number of aliphatic hydroxyl groups is 2. The Balaban J connectivity index is 2.67. The molecule has 0 radical (unpaired) electrons. The number of ether oxygens (including phenoxy) is 5. The van der Waals surface area contributed by atoms with E-state index in [0.29, 0.717) is 19.3 Å². The number of unbranched alkanes of at least 4 members (excludes halogenated alkanes) is 33. The van der Waals surface area contributed by atoms with E-state index in [2.05, 4.69) is 57.2 Å². The van der Waals surface area contributed by atoms with Gasteiger partial charge in [0.2, 0.25) is 0 Å². The van der Waals surface area contributed by atoms with Crippen molar-refractivity contribution in [3.8, 4) is 0 Å². The third-order valence-electron chi connectivity index (χ3n) is 14.2. The van der Waals surface area contributed by atoms with Crippen molar-refractivity contribution in [2.75, 3.05) is 13.2 Å². The lowest BCUT2D eigenvalue weighted by atomic mass is 9.98. The van der Waals surface area contributed by atoms with Crippen molar-refractivity contribution in [1.29, 1.82) is 0 Å². The molecule has 6 atom stereocenters. The number of carbonyl (C=O) groups is 4. The Morgan fingerprint density at radius 2 is 0.827 bits per heavy atom. The van der Waals surface area contributed by atoms with E-state index < -0.39 is 67.3 Å². The smallest absolute Gasteiger partial charge is 0.335 e. The highest BCUT2D eigenvalue weighted by Crippen LogP contribution is 2.27. The fourth-order valence-electron chi connectivity index (χ4n) is 9.40. The second-order valence-corrected chi connectivity index (χ2v) is 21.3. The van der Waals surface area contributed by atoms with Gasteiger partial charge in [0.1, 0.15) is 18.8 Å². The van der Waals surface area contributed by atoms with Crippen LogP contribution in [0.5, 0.6) is 0 Å². The van der Waals surface area contributed by atoms with Crippen LogP contribution in [0.15, 0.2) is 36.5 Å². The molecule has 436 valence electrons. The number of carbonyl (C=O) groups excluding carboxylic acids is 3. The van der Waals surface area contributed by atoms with Crippen LogP contribution in [0, 0.1) is 0 Å². The minimum absolute atomic E-state index is 0.0468. The maximum absolute atomic E-state index is 13.2. The number of hydrogen-bond donors (Lipinski definition) is 3. The number of carboxylic acid groups (broad SMARTS) is 1. The molecule has 0 aromatic carbocycles. The van der Waals surface area contributed by atoms with Crippen molar-refractivity contribution in [1.82, 2.24) is 0 Å². The summed E-state index contributed by atoms with van der Waals surface area (Å²) in [4.78, 5) is 51.2. The van der Waals surface area contributed by atoms with Crippen molar-refractivity contribution >= 4 is 23.9 Å². The van der Waals surface area contributed by atoms with Crippen LogP contribution >= 0.6 is 0 Å². The van der Waals surface area contributed by atoms with E-state index in [-0.39, 0.29) is 25.9 Å². The van der Waals surface area contributed by atoms with Gasteiger partial charge in [-0.2, -0.15) is 0 Å². The van der Waals surface area contributed by atoms with E-state index in [4.69, 9.17) is 23.7 Å². The third-order valence-corrected chi connectivity index (χ3v) is 14.2. The van der Waals surface area contributed by atoms with Gasteiger partial charge in [-0.15, -0.1) is 0 Å². The lowest BCUT2D eigenvalue weighted by Gasteiger charge is -2.40. The monoisotopic (exact) mass is 1060 g/mol. The molecule has 0 saturated carbocycles. The fourth-order valence-corrected chi connectivity index (χ4v) is 9.40. The maximum atomic E-state index is 13.2. The molecule has 3 N–H and O–H groups in total. The average molecular weight is 1060 g/mol. The van der Waals surface area contributed by atoms with E-state index in [1.165, 1.54) is 135 Å². The normalized spacial score (nSPS) is 18.3. The topological polar surface area (TPSA) is 175 Å². The number of allylic oxidation sites excluding steroid dienone is 6. The van der Waals surface area contributed by atoms with Crippen LogP contribution in [0.25, 0.3) is 0 Å². The largest absolute Gasteiger partial charge is 0.479 e. The first-order valence-electron chi connectivity index (χ1n) is 31.0. The summed E-state index contributed by atoms with van der Waals surface area (Å²) < 4.78 is 28.5. The lowest BCUT2D eigenvalue weighted by Crippen LogP contribution is -2.61. The van der Waals surface area contributed by atoms with Gasteiger partial charge in [-0.25, -0.2) is 4.79 Å². The van der Waals surface area contributed by atoms with Gasteiger partial charge in [0, 0.05) is 19.3 Å². The quantitative estimate of drug-likeness (QED) is 0.0228. The highest BCUT2D eigenvalue weighted by Gasteiger charge is 2.50. The fraction of sp³-hybridized carbons (Fsp3) is 0.841. The summed E-state index contributed by atoms with van der Waals surface area (Å²) in [5.41, 5.74) is 0. The van der Waals surface area contributed by atoms with Gasteiger partial charge in [-0.1, -0.05) is 237 Å². The highest BCUT2D eigenvalue weighted by molar-refractivity contribution is 5.74. The molecule has 1 heterocycles. The summed E-state index contributed by atoms with van der Waals surface area (Å²) >= 11 is 0. The average Bonchev–Trinajstić information content (AvgIpc) is 3.39. The highest BCUT2D eigenvalue weighted by atomic mass is 16.7. The summed E-state index contributed by atoms with van der Waals surface area (Å²) in [5, 5.41) is 31.5. The molecule has 6 unspecified atom stereocenters. The van der Waals surface area contributed by atoms with Crippen molar-refractivity contribution in [2.45, 2.75) is 327 Å². The van der Waals surface area contributed by atoms with Crippen LogP contribution in [0.1, 0.15) is 290 Å². The SMILES string of the molecule is CCC/C=C\C/C=C\CCCCCCCC(=O)OC1C(OCC(COC(=O)CCCCCCCCC/C=C\CCCCCCCC)OC(=O)CCCCCCCCCCCCCCCCC)OC(C(=O)O)C(O)C1O. The standard InChI is InChI=1S/C63H112O12/c1-4-7-10-13-16-19-22-25-27-28-30-32-34-37-40-43-46-49-55(64)71-52-54(73-56(65)50-47-44-41-38-36-33-29-26-23-20-17-14-11-8-5-2)53-72-63-61(59(68)58(67)60(75-63)62(69)70)74-57(66)51-48-45-42-39-35-31-24-21-18-15-12-9-6-3/h12,15,21,24-25,27,54,58-61,63,67-68H,4-11,13-14,16-20,22-23,26,28-53H2,1-3H3,(H,69,70)/b15-12-,24-21-,27-25-. The predicted octanol–water partition coefficient (Wildman–Crippen LogP) is 16.0. The molecule has 0 spiro atoms. The number of carboxylic acids is 1. The number of hydrogen-bond acceptors (Lipinski definition) is 11. The van der Waals surface area contributed by atoms with Crippen LogP contribution in [0.4, 0.5) is 0 Å². The Morgan fingerprint density at radius 3 is 1.27 bits per heavy atom. The second kappa shape index (κ2) is 51.7. The molecule has 0 amide bonds. The molecular weight excluding hydrogens is 949 g/mol. The summed E-state index contributed by atoms with van der Waals surface area (Å²) in [7, 11) is 0. The maximum Gasteiger partial charge on any atom is 0.335 e. The number of aliphatic carboxylic acids is 1. The number of rotatable bonds is 53. The first kappa shape index (κ1) is 70.0. The van der Waals surface area contributed by atoms with Gasteiger partial charge in [0.25, 0.3) is 0 Å². The Hall–Kier alpha value is -3.06. The minimum Gasteiger partial charge on any atom is -0.479 e. The Morgan fingerprint density at radius 1 is 0.440 bits per heavy atom. The number of esters is 3. The van der Waals surface area contributed by atoms with Crippen LogP contribution in [0.3, 0.4) is 0 Å². The lowest BCUT2D eigenvalue weighted by molar-refractivity contribution is -0.301. The first-order valence-corrected chi connectivity index (χ1v) is 31.0. The summed E-state index contributed by atoms with van der Waals surface area (Å²) in [6.07, 6.45) is 48.2. The van der Waals surface area contributed by atoms with Crippen LogP contribution in [0.2, 0.25) is 0 Å². The van der Waals surface area contributed by atoms with Crippen LogP contribution in [-0.4, -0.2) is 89.2 Å². The number of aliphatic hydroxyl groups excluding tert-OH is 2. The van der Waals surface area contributed by atoms with Gasteiger partial charge in [0.05, 0.1) is 6.61 Å². The van der Waals surface area contributed by atoms with Gasteiger partial charge >= 0.3 is 23.9 Å². The molecule has 0 aromatic rings. The minimum atomic E-state index is -1.90. The van der Waals surface area contributed by atoms with Crippen LogP contribution < -0.4 is 0 Å². The molecule has 0 aliphatic carbocycles. The van der Waals surface area contributed by atoms with E-state index in [1.54, 1.807) is 0 Å². The van der Waals surface area contributed by atoms with Crippen molar-refractivity contribution in [3.05, 3.63) is 36.5 Å². The van der Waals surface area contributed by atoms with Gasteiger partial charge in [-0.05, 0) is 70.6 Å². The summed E-state index contributed by atoms with van der Waals surface area (Å²) in [6, 6.07) is 0. The predicted molar refractivity (Wildman–Crippen MR) is 303 cm³/mol. The zero-order valence-electron chi connectivity index (χ0n) is 48.1. The van der Waals surface area contributed by atoms with Crippen molar-refractivity contribution in [3.63, 3.8) is 0 Å². The van der Waals surface area contributed by atoms with Gasteiger partial charge < -0.3 is 39.0 Å². The van der Waals surface area contributed by atoms with Gasteiger partial charge in [-0.3, -0.25) is 14.4 Å². The molecule has 1 saturated heterocycles. The molecule has 1 aliphatic rings. The molecular formula is C63H112O12. The van der Waals surface area contributed by atoms with Crippen molar-refractivity contribution in [2.24, 2.45) is 0 Å². The Bertz CT molecular complexity index is 1450. The molecule has 75 heavy (non-hydrogen) atoms.